The summed E-state index contributed by atoms with van der Waals surface area (Å²) in [5.74, 6) is -3.83. The summed E-state index contributed by atoms with van der Waals surface area (Å²) in [6.07, 6.45) is 3.79. The molecule has 0 radical (unpaired) electrons. The SMILES string of the molecule is CN1C(=O)C2(CCC(F)(F)CC2)c2cc(NC(=O)c3ccc(NS(=O)(=O)CCO)cc3N3CCC4(CC3)CC4)ccc21. The van der Waals surface area contributed by atoms with Crippen molar-refractivity contribution < 1.29 is 31.9 Å². The highest BCUT2D eigenvalue weighted by Gasteiger charge is 2.54. The number of alkyl halides is 2. The van der Waals surface area contributed by atoms with Crippen LogP contribution in [0.2, 0.25) is 0 Å². The molecule has 3 N–H and O–H groups in total. The summed E-state index contributed by atoms with van der Waals surface area (Å²) in [6, 6.07) is 9.93. The zero-order valence-corrected chi connectivity index (χ0v) is 24.4. The van der Waals surface area contributed by atoms with Crippen molar-refractivity contribution in [2.45, 2.75) is 62.7 Å². The van der Waals surface area contributed by atoms with Crippen molar-refractivity contribution in [3.05, 3.63) is 47.5 Å². The molecule has 2 aromatic carbocycles. The number of nitrogens with one attached hydrogen (secondary N) is 2. The van der Waals surface area contributed by atoms with Gasteiger partial charge in [0.25, 0.3) is 5.91 Å². The monoisotopic (exact) mass is 602 g/mol. The minimum atomic E-state index is -3.76. The molecule has 2 spiro atoms. The van der Waals surface area contributed by atoms with Crippen molar-refractivity contribution in [1.82, 2.24) is 0 Å². The van der Waals surface area contributed by atoms with Crippen LogP contribution in [0.25, 0.3) is 0 Å². The first-order valence-electron chi connectivity index (χ1n) is 14.5. The maximum Gasteiger partial charge on any atom is 0.257 e. The Bertz CT molecular complexity index is 1520. The summed E-state index contributed by atoms with van der Waals surface area (Å²) in [4.78, 5) is 30.6. The number of fused-ring (bicyclic) bond motifs is 2. The molecule has 4 aliphatic rings. The molecular formula is C30H36F2N4O5S. The summed E-state index contributed by atoms with van der Waals surface area (Å²) in [5, 5.41) is 12.0. The number of carbonyl (C=O) groups excluding carboxylic acids is 2. The second-order valence-electron chi connectivity index (χ2n) is 12.4. The molecule has 2 saturated carbocycles. The van der Waals surface area contributed by atoms with Gasteiger partial charge in [-0.05, 0) is 85.9 Å². The van der Waals surface area contributed by atoms with Gasteiger partial charge < -0.3 is 20.2 Å². The Morgan fingerprint density at radius 3 is 2.24 bits per heavy atom. The standard InChI is InChI=1S/C30H36F2N4O5S/c1-35-24-5-3-20(18-23(24)29(27(35)39)8-10-30(31,32)11-9-29)33-26(38)22-4-2-21(34-42(40,41)17-16-37)19-25(22)36-14-12-28(6-7-28)13-15-36/h2-5,18-19,34,37H,6-17H2,1H3,(H,33,38). The molecule has 2 aliphatic carbocycles. The van der Waals surface area contributed by atoms with Crippen LogP contribution >= 0.6 is 0 Å². The van der Waals surface area contributed by atoms with Gasteiger partial charge >= 0.3 is 0 Å². The van der Waals surface area contributed by atoms with Crippen molar-refractivity contribution in [2.24, 2.45) is 5.41 Å². The fourth-order valence-corrected chi connectivity index (χ4v) is 7.69. The van der Waals surface area contributed by atoms with Gasteiger partial charge in [-0.3, -0.25) is 14.3 Å². The average molecular weight is 603 g/mol. The number of aliphatic hydroxyl groups excluding tert-OH is 1. The molecular weight excluding hydrogens is 566 g/mol. The molecule has 12 heteroatoms. The lowest BCUT2D eigenvalue weighted by molar-refractivity contribution is -0.127. The Hall–Kier alpha value is -3.25. The number of hydrogen-bond donors (Lipinski definition) is 3. The first kappa shape index (κ1) is 28.9. The van der Waals surface area contributed by atoms with E-state index in [4.69, 9.17) is 5.11 Å². The summed E-state index contributed by atoms with van der Waals surface area (Å²) < 4.78 is 55.2. The molecule has 6 rings (SSSR count). The smallest absolute Gasteiger partial charge is 0.257 e. The molecule has 0 unspecified atom stereocenters. The van der Waals surface area contributed by atoms with E-state index in [2.05, 4.69) is 14.9 Å². The lowest BCUT2D eigenvalue weighted by Crippen LogP contribution is -2.44. The number of nitrogens with zero attached hydrogens (tertiary/aromatic N) is 2. The quantitative estimate of drug-likeness (QED) is 0.430. The van der Waals surface area contributed by atoms with E-state index in [1.54, 1.807) is 37.4 Å². The Morgan fingerprint density at radius 2 is 1.60 bits per heavy atom. The lowest BCUT2D eigenvalue weighted by atomic mass is 9.69. The number of likely N-dealkylation sites (N-methyl/N-ethyl adjacent to an activating group) is 1. The van der Waals surface area contributed by atoms with Crippen LogP contribution in [-0.4, -0.2) is 63.8 Å². The van der Waals surface area contributed by atoms with Gasteiger partial charge in [-0.1, -0.05) is 0 Å². The maximum atomic E-state index is 14.0. The van der Waals surface area contributed by atoms with Crippen molar-refractivity contribution in [3.8, 4) is 0 Å². The number of carbonyl (C=O) groups is 2. The predicted molar refractivity (Wildman–Crippen MR) is 157 cm³/mol. The van der Waals surface area contributed by atoms with E-state index in [0.717, 1.165) is 25.9 Å². The Morgan fingerprint density at radius 1 is 0.929 bits per heavy atom. The molecule has 2 amide bonds. The van der Waals surface area contributed by atoms with Crippen molar-refractivity contribution >= 4 is 44.6 Å². The fraction of sp³-hybridized carbons (Fsp3) is 0.533. The molecule has 226 valence electrons. The number of amides is 2. The topological polar surface area (TPSA) is 119 Å². The number of benzene rings is 2. The van der Waals surface area contributed by atoms with E-state index < -0.39 is 39.6 Å². The van der Waals surface area contributed by atoms with Gasteiger partial charge in [-0.25, -0.2) is 17.2 Å². The van der Waals surface area contributed by atoms with Gasteiger partial charge in [-0.15, -0.1) is 0 Å². The zero-order chi connectivity index (χ0) is 29.9. The normalized spacial score (nSPS) is 21.9. The molecule has 2 heterocycles. The van der Waals surface area contributed by atoms with Crippen LogP contribution in [0, 0.1) is 5.41 Å². The summed E-state index contributed by atoms with van der Waals surface area (Å²) in [5.41, 5.74) is 2.41. The molecule has 3 fully saturated rings. The van der Waals surface area contributed by atoms with E-state index in [9.17, 15) is 26.8 Å². The Kier molecular flexibility index (Phi) is 7.00. The van der Waals surface area contributed by atoms with Gasteiger partial charge in [0.05, 0.1) is 34.7 Å². The molecule has 0 atom stereocenters. The predicted octanol–water partition coefficient (Wildman–Crippen LogP) is 4.48. The molecule has 0 aromatic heterocycles. The van der Waals surface area contributed by atoms with Gasteiger partial charge in [0.1, 0.15) is 0 Å². The van der Waals surface area contributed by atoms with Gasteiger partial charge in [0.15, 0.2) is 0 Å². The number of hydrogen-bond acceptors (Lipinski definition) is 6. The molecule has 2 aliphatic heterocycles. The highest BCUT2D eigenvalue weighted by Crippen LogP contribution is 2.55. The van der Waals surface area contributed by atoms with Crippen molar-refractivity contribution in [2.75, 3.05) is 52.3 Å². The molecule has 1 saturated heterocycles. The van der Waals surface area contributed by atoms with E-state index in [1.165, 1.54) is 23.8 Å². The molecule has 2 aromatic rings. The highest BCUT2D eigenvalue weighted by molar-refractivity contribution is 7.92. The summed E-state index contributed by atoms with van der Waals surface area (Å²) >= 11 is 0. The first-order chi connectivity index (χ1) is 19.9. The second-order valence-corrected chi connectivity index (χ2v) is 14.2. The number of sulfonamides is 1. The van der Waals surface area contributed by atoms with Gasteiger partial charge in [0.2, 0.25) is 21.9 Å². The largest absolute Gasteiger partial charge is 0.395 e. The Labute approximate surface area is 244 Å². The minimum absolute atomic E-state index is 0.0435. The number of halogens is 2. The number of aliphatic hydroxyl groups is 1. The Balaban J connectivity index is 1.29. The van der Waals surface area contributed by atoms with Crippen LogP contribution in [0.1, 0.15) is 67.3 Å². The van der Waals surface area contributed by atoms with Crippen LogP contribution in [0.4, 0.5) is 31.5 Å². The van der Waals surface area contributed by atoms with E-state index in [1.807, 2.05) is 0 Å². The molecule has 0 bridgehead atoms. The fourth-order valence-electron chi connectivity index (χ4n) is 6.86. The van der Waals surface area contributed by atoms with Crippen LogP contribution in [-0.2, 0) is 20.2 Å². The van der Waals surface area contributed by atoms with Crippen LogP contribution in [0.5, 0.6) is 0 Å². The number of rotatable bonds is 7. The van der Waals surface area contributed by atoms with Crippen LogP contribution < -0.4 is 19.8 Å². The first-order valence-corrected chi connectivity index (χ1v) is 16.1. The van der Waals surface area contributed by atoms with Crippen molar-refractivity contribution in [1.29, 1.82) is 0 Å². The molecule has 9 nitrogen and oxygen atoms in total. The van der Waals surface area contributed by atoms with Crippen LogP contribution in [0.3, 0.4) is 0 Å². The van der Waals surface area contributed by atoms with Gasteiger partial charge in [0, 0.05) is 44.4 Å². The molecule has 42 heavy (non-hydrogen) atoms. The lowest BCUT2D eigenvalue weighted by Gasteiger charge is -2.36. The third kappa shape index (κ3) is 5.23. The number of anilines is 4. The van der Waals surface area contributed by atoms with E-state index >= 15 is 0 Å². The third-order valence-corrected chi connectivity index (χ3v) is 10.9. The summed E-state index contributed by atoms with van der Waals surface area (Å²) in [7, 11) is -2.11. The average Bonchev–Trinajstić information content (AvgIpc) is 3.67. The van der Waals surface area contributed by atoms with Crippen molar-refractivity contribution in [3.63, 3.8) is 0 Å². The van der Waals surface area contributed by atoms with E-state index in [0.29, 0.717) is 39.3 Å². The maximum absolute atomic E-state index is 14.0. The number of piperidine rings is 1. The zero-order valence-electron chi connectivity index (χ0n) is 23.6. The van der Waals surface area contributed by atoms with E-state index in [-0.39, 0.29) is 31.6 Å². The second kappa shape index (κ2) is 10.2. The minimum Gasteiger partial charge on any atom is -0.395 e. The third-order valence-electron chi connectivity index (χ3n) is 9.68. The summed E-state index contributed by atoms with van der Waals surface area (Å²) in [6.45, 7) is 0.976. The van der Waals surface area contributed by atoms with Gasteiger partial charge in [-0.2, -0.15) is 0 Å². The van der Waals surface area contributed by atoms with Crippen LogP contribution in [0.15, 0.2) is 36.4 Å². The highest BCUT2D eigenvalue weighted by atomic mass is 32.2.